The van der Waals surface area contributed by atoms with Gasteiger partial charge in [-0.05, 0) is 54.1 Å². The van der Waals surface area contributed by atoms with Gasteiger partial charge >= 0.3 is 5.97 Å². The second kappa shape index (κ2) is 9.84. The molecule has 30 heavy (non-hydrogen) atoms. The molecule has 0 saturated carbocycles. The molecule has 2 N–H and O–H groups in total. The molecule has 152 valence electrons. The van der Waals surface area contributed by atoms with Gasteiger partial charge in [0.1, 0.15) is 5.75 Å². The topological polar surface area (TPSA) is 84.5 Å². The molecule has 7 heteroatoms. The van der Waals surface area contributed by atoms with Crippen molar-refractivity contribution in [3.05, 3.63) is 88.4 Å². The summed E-state index contributed by atoms with van der Waals surface area (Å²) in [5.74, 6) is -0.680. The molecule has 3 aromatic rings. The minimum Gasteiger partial charge on any atom is -0.427 e. The zero-order valence-corrected chi connectivity index (χ0v) is 17.7. The van der Waals surface area contributed by atoms with E-state index in [0.29, 0.717) is 22.7 Å². The van der Waals surface area contributed by atoms with Crippen LogP contribution in [0.5, 0.6) is 5.75 Å². The first-order valence-corrected chi connectivity index (χ1v) is 9.92. The zero-order valence-electron chi connectivity index (χ0n) is 16.1. The first-order valence-electron chi connectivity index (χ1n) is 9.13. The first kappa shape index (κ1) is 21.3. The summed E-state index contributed by atoms with van der Waals surface area (Å²) < 4.78 is 5.96. The molecule has 3 rings (SSSR count). The smallest absolute Gasteiger partial charge is 0.308 e. The summed E-state index contributed by atoms with van der Waals surface area (Å²) in [6, 6.07) is 20.7. The van der Waals surface area contributed by atoms with E-state index in [-0.39, 0.29) is 18.2 Å². The molecule has 0 aliphatic carbocycles. The SMILES string of the molecule is CC(=O)Oc1cccc(C(=O)Nc2cccc(NC(=O)Cc3ccc(Br)cc3)c2)c1. The lowest BCUT2D eigenvalue weighted by atomic mass is 10.1. The van der Waals surface area contributed by atoms with Crippen molar-refractivity contribution < 1.29 is 19.1 Å². The van der Waals surface area contributed by atoms with Crippen LogP contribution in [0.1, 0.15) is 22.8 Å². The number of carbonyl (C=O) groups excluding carboxylic acids is 3. The van der Waals surface area contributed by atoms with Crippen molar-refractivity contribution in [3.63, 3.8) is 0 Å². The highest BCUT2D eigenvalue weighted by atomic mass is 79.9. The monoisotopic (exact) mass is 466 g/mol. The van der Waals surface area contributed by atoms with Crippen LogP contribution in [-0.2, 0) is 16.0 Å². The quantitative estimate of drug-likeness (QED) is 0.403. The molecule has 0 aliphatic heterocycles. The second-order valence-electron chi connectivity index (χ2n) is 6.51. The van der Waals surface area contributed by atoms with Crippen LogP contribution in [0.4, 0.5) is 11.4 Å². The zero-order chi connectivity index (χ0) is 21.5. The summed E-state index contributed by atoms with van der Waals surface area (Å²) in [4.78, 5) is 35.9. The van der Waals surface area contributed by atoms with E-state index in [2.05, 4.69) is 26.6 Å². The van der Waals surface area contributed by atoms with Gasteiger partial charge in [0, 0.05) is 28.3 Å². The lowest BCUT2D eigenvalue weighted by Crippen LogP contribution is -2.15. The van der Waals surface area contributed by atoms with Gasteiger partial charge in [0.05, 0.1) is 6.42 Å². The van der Waals surface area contributed by atoms with E-state index >= 15 is 0 Å². The Kier molecular flexibility index (Phi) is 6.98. The van der Waals surface area contributed by atoms with Crippen LogP contribution >= 0.6 is 15.9 Å². The van der Waals surface area contributed by atoms with Crippen LogP contribution in [0.3, 0.4) is 0 Å². The fraction of sp³-hybridized carbons (Fsp3) is 0.0870. The molecule has 0 fully saturated rings. The predicted octanol–water partition coefficient (Wildman–Crippen LogP) is 4.81. The molecule has 0 spiro atoms. The standard InChI is InChI=1S/C23H19BrN2O4/c1-15(27)30-21-7-2-4-17(13-21)23(29)26-20-6-3-5-19(14-20)25-22(28)12-16-8-10-18(24)11-9-16/h2-11,13-14H,12H2,1H3,(H,25,28)(H,26,29). The van der Waals surface area contributed by atoms with Crippen LogP contribution in [0.15, 0.2) is 77.3 Å². The molecule has 3 aromatic carbocycles. The van der Waals surface area contributed by atoms with Crippen molar-refractivity contribution in [1.29, 1.82) is 0 Å². The number of nitrogens with one attached hydrogen (secondary N) is 2. The van der Waals surface area contributed by atoms with Gasteiger partial charge in [0.2, 0.25) is 5.91 Å². The molecular weight excluding hydrogens is 448 g/mol. The van der Waals surface area contributed by atoms with E-state index < -0.39 is 5.97 Å². The Morgan fingerprint density at radius 2 is 1.53 bits per heavy atom. The Balaban J connectivity index is 1.63. The van der Waals surface area contributed by atoms with E-state index in [1.807, 2.05) is 24.3 Å². The molecule has 6 nitrogen and oxygen atoms in total. The average molecular weight is 467 g/mol. The molecule has 0 aliphatic rings. The number of halogens is 1. The minimum absolute atomic E-state index is 0.158. The van der Waals surface area contributed by atoms with Gasteiger partial charge in [-0.15, -0.1) is 0 Å². The summed E-state index contributed by atoms with van der Waals surface area (Å²) in [6.07, 6.45) is 0.243. The Bertz CT molecular complexity index is 1080. The fourth-order valence-corrected chi connectivity index (χ4v) is 3.00. The largest absolute Gasteiger partial charge is 0.427 e. The molecular formula is C23H19BrN2O4. The van der Waals surface area contributed by atoms with Crippen molar-refractivity contribution in [2.45, 2.75) is 13.3 Å². The highest BCUT2D eigenvalue weighted by Gasteiger charge is 2.10. The van der Waals surface area contributed by atoms with E-state index in [0.717, 1.165) is 10.0 Å². The molecule has 0 bridgehead atoms. The maximum Gasteiger partial charge on any atom is 0.308 e. The molecule has 0 radical (unpaired) electrons. The van der Waals surface area contributed by atoms with Gasteiger partial charge in [-0.1, -0.05) is 40.2 Å². The molecule has 0 saturated heterocycles. The lowest BCUT2D eigenvalue weighted by molar-refractivity contribution is -0.131. The highest BCUT2D eigenvalue weighted by molar-refractivity contribution is 9.10. The first-order chi connectivity index (χ1) is 14.4. The lowest BCUT2D eigenvalue weighted by Gasteiger charge is -2.10. The van der Waals surface area contributed by atoms with Crippen molar-refractivity contribution in [2.75, 3.05) is 10.6 Å². The third-order valence-electron chi connectivity index (χ3n) is 4.04. The van der Waals surface area contributed by atoms with Gasteiger partial charge in [-0.25, -0.2) is 0 Å². The number of anilines is 2. The number of rotatable bonds is 6. The van der Waals surface area contributed by atoms with Crippen LogP contribution in [0.25, 0.3) is 0 Å². The van der Waals surface area contributed by atoms with Gasteiger partial charge < -0.3 is 15.4 Å². The van der Waals surface area contributed by atoms with Gasteiger partial charge in [-0.2, -0.15) is 0 Å². The number of amides is 2. The van der Waals surface area contributed by atoms with E-state index in [9.17, 15) is 14.4 Å². The number of esters is 1. The summed E-state index contributed by atoms with van der Waals surface area (Å²) >= 11 is 3.37. The van der Waals surface area contributed by atoms with Gasteiger partial charge in [0.25, 0.3) is 5.91 Å². The Morgan fingerprint density at radius 1 is 0.867 bits per heavy atom. The van der Waals surface area contributed by atoms with Crippen molar-refractivity contribution in [1.82, 2.24) is 0 Å². The average Bonchev–Trinajstić information content (AvgIpc) is 2.69. The fourth-order valence-electron chi connectivity index (χ4n) is 2.74. The van der Waals surface area contributed by atoms with Crippen LogP contribution in [-0.4, -0.2) is 17.8 Å². The number of benzene rings is 3. The molecule has 0 aromatic heterocycles. The van der Waals surface area contributed by atoms with Gasteiger partial charge in [-0.3, -0.25) is 14.4 Å². The summed E-state index contributed by atoms with van der Waals surface area (Å²) in [5.41, 5.74) is 2.34. The molecule has 0 heterocycles. The maximum absolute atomic E-state index is 12.5. The normalized spacial score (nSPS) is 10.2. The Labute approximate surface area is 182 Å². The van der Waals surface area contributed by atoms with Gasteiger partial charge in [0.15, 0.2) is 0 Å². The number of carbonyl (C=O) groups is 3. The van der Waals surface area contributed by atoms with Crippen LogP contribution in [0.2, 0.25) is 0 Å². The molecule has 2 amide bonds. The minimum atomic E-state index is -0.459. The summed E-state index contributed by atoms with van der Waals surface area (Å²) in [7, 11) is 0. The van der Waals surface area contributed by atoms with E-state index in [1.165, 1.54) is 13.0 Å². The van der Waals surface area contributed by atoms with E-state index in [1.54, 1.807) is 42.5 Å². The molecule has 0 unspecified atom stereocenters. The number of hydrogen-bond donors (Lipinski definition) is 2. The predicted molar refractivity (Wildman–Crippen MR) is 119 cm³/mol. The van der Waals surface area contributed by atoms with E-state index in [4.69, 9.17) is 4.74 Å². The van der Waals surface area contributed by atoms with Crippen molar-refractivity contribution >= 4 is 45.1 Å². The van der Waals surface area contributed by atoms with Crippen molar-refractivity contribution in [2.24, 2.45) is 0 Å². The Morgan fingerprint density at radius 3 is 2.23 bits per heavy atom. The number of ether oxygens (including phenoxy) is 1. The second-order valence-corrected chi connectivity index (χ2v) is 7.42. The van der Waals surface area contributed by atoms with Crippen LogP contribution in [0, 0.1) is 0 Å². The maximum atomic E-state index is 12.5. The third kappa shape index (κ3) is 6.28. The van der Waals surface area contributed by atoms with Crippen LogP contribution < -0.4 is 15.4 Å². The number of hydrogen-bond acceptors (Lipinski definition) is 4. The summed E-state index contributed by atoms with van der Waals surface area (Å²) in [6.45, 7) is 1.29. The summed E-state index contributed by atoms with van der Waals surface area (Å²) in [5, 5.41) is 5.60. The highest BCUT2D eigenvalue weighted by Crippen LogP contribution is 2.19. The third-order valence-corrected chi connectivity index (χ3v) is 4.57. The molecule has 0 atom stereocenters. The van der Waals surface area contributed by atoms with Crippen molar-refractivity contribution in [3.8, 4) is 5.75 Å². The Hall–Kier alpha value is -3.45.